The number of aromatic nitrogens is 3. The second-order valence-corrected chi connectivity index (χ2v) is 7.06. The summed E-state index contributed by atoms with van der Waals surface area (Å²) in [6.45, 7) is 5.61. The number of carbonyl (C=O) groups excluding carboxylic acids is 2. The number of nitrogens with zero attached hydrogens (tertiary/aromatic N) is 3. The van der Waals surface area contributed by atoms with Crippen molar-refractivity contribution < 1.29 is 9.59 Å². The van der Waals surface area contributed by atoms with Crippen molar-refractivity contribution in [1.82, 2.24) is 25.3 Å². The smallest absolute Gasteiger partial charge is 0.295 e. The molecule has 0 aliphatic heterocycles. The van der Waals surface area contributed by atoms with E-state index in [1.807, 2.05) is 26.0 Å². The van der Waals surface area contributed by atoms with Gasteiger partial charge in [-0.3, -0.25) is 34.8 Å². The molecule has 0 bridgehead atoms. The summed E-state index contributed by atoms with van der Waals surface area (Å²) in [6, 6.07) is 12.4. The highest BCUT2D eigenvalue weighted by Crippen LogP contribution is 2.06. The van der Waals surface area contributed by atoms with Crippen LogP contribution in [0.25, 0.3) is 0 Å². The lowest BCUT2D eigenvalue weighted by molar-refractivity contribution is -0.121. The first-order valence-electron chi connectivity index (χ1n) is 9.73. The van der Waals surface area contributed by atoms with E-state index in [4.69, 9.17) is 0 Å². The summed E-state index contributed by atoms with van der Waals surface area (Å²) in [5, 5.41) is 2.80. The van der Waals surface area contributed by atoms with E-state index in [1.165, 1.54) is 10.8 Å². The van der Waals surface area contributed by atoms with Gasteiger partial charge >= 0.3 is 0 Å². The van der Waals surface area contributed by atoms with Gasteiger partial charge in [-0.1, -0.05) is 24.3 Å². The van der Waals surface area contributed by atoms with Gasteiger partial charge in [0.25, 0.3) is 11.5 Å². The van der Waals surface area contributed by atoms with E-state index >= 15 is 0 Å². The van der Waals surface area contributed by atoms with E-state index < -0.39 is 11.5 Å². The zero-order valence-electron chi connectivity index (χ0n) is 17.6. The number of anilines is 1. The zero-order chi connectivity index (χ0) is 22.4. The molecule has 3 aromatic rings. The van der Waals surface area contributed by atoms with Crippen LogP contribution in [-0.4, -0.2) is 26.3 Å². The summed E-state index contributed by atoms with van der Waals surface area (Å²) in [7, 11) is 0. The molecular formula is C22H24N6O3. The molecule has 3 rings (SSSR count). The van der Waals surface area contributed by atoms with Crippen LogP contribution >= 0.6 is 0 Å². The molecule has 1 aromatic carbocycles. The van der Waals surface area contributed by atoms with Crippen molar-refractivity contribution in [2.75, 3.05) is 5.43 Å². The van der Waals surface area contributed by atoms with E-state index in [0.29, 0.717) is 17.8 Å². The number of pyridine rings is 1. The van der Waals surface area contributed by atoms with Gasteiger partial charge < -0.3 is 5.32 Å². The molecule has 9 nitrogen and oxygen atoms in total. The number of carbonyl (C=O) groups is 2. The van der Waals surface area contributed by atoms with Crippen LogP contribution in [0.2, 0.25) is 0 Å². The number of rotatable bonds is 7. The lowest BCUT2D eigenvalue weighted by atomic mass is 10.2. The van der Waals surface area contributed by atoms with Crippen molar-refractivity contribution in [3.05, 3.63) is 87.2 Å². The van der Waals surface area contributed by atoms with Crippen LogP contribution in [0.15, 0.2) is 53.5 Å². The second-order valence-electron chi connectivity index (χ2n) is 7.06. The zero-order valence-corrected chi connectivity index (χ0v) is 17.6. The van der Waals surface area contributed by atoms with Gasteiger partial charge in [0.15, 0.2) is 0 Å². The molecule has 0 saturated carbocycles. The molecule has 31 heavy (non-hydrogen) atoms. The number of hydrogen-bond acceptors (Lipinski definition) is 6. The first-order valence-corrected chi connectivity index (χ1v) is 9.73. The molecule has 0 aliphatic carbocycles. The summed E-state index contributed by atoms with van der Waals surface area (Å²) >= 11 is 0. The van der Waals surface area contributed by atoms with Crippen molar-refractivity contribution in [1.29, 1.82) is 0 Å². The maximum Gasteiger partial charge on any atom is 0.295 e. The largest absolute Gasteiger partial charge is 0.350 e. The predicted molar refractivity (Wildman–Crippen MR) is 116 cm³/mol. The Morgan fingerprint density at radius 1 is 1.03 bits per heavy atom. The SMILES string of the molecule is Cc1ccc(CNC(=O)Cn2c(C)cnc(NNC(=O)c3ccccc3)c2=O)c(C)n1. The third-order valence-electron chi connectivity index (χ3n) is 4.70. The molecule has 0 unspecified atom stereocenters. The fraction of sp³-hybridized carbons (Fsp3) is 0.227. The van der Waals surface area contributed by atoms with Crippen molar-refractivity contribution >= 4 is 17.6 Å². The number of aryl methyl sites for hydroxylation is 3. The minimum absolute atomic E-state index is 0.0822. The summed E-state index contributed by atoms with van der Waals surface area (Å²) in [6.07, 6.45) is 1.46. The molecule has 0 saturated heterocycles. The van der Waals surface area contributed by atoms with E-state index in [2.05, 4.69) is 26.1 Å². The highest BCUT2D eigenvalue weighted by atomic mass is 16.2. The number of benzene rings is 1. The summed E-state index contributed by atoms with van der Waals surface area (Å²) in [4.78, 5) is 45.7. The van der Waals surface area contributed by atoms with E-state index in [-0.39, 0.29) is 18.3 Å². The van der Waals surface area contributed by atoms with E-state index in [9.17, 15) is 14.4 Å². The van der Waals surface area contributed by atoms with Gasteiger partial charge in [-0.15, -0.1) is 0 Å². The standard InChI is InChI=1S/C22H24N6O3/c1-14-9-10-18(16(3)25-14)12-23-19(29)13-28-15(2)11-24-20(22(28)31)26-27-21(30)17-7-5-4-6-8-17/h4-11H,12-13H2,1-3H3,(H,23,29)(H,24,26)(H,27,30). The Morgan fingerprint density at radius 2 is 1.77 bits per heavy atom. The first kappa shape index (κ1) is 21.7. The first-order chi connectivity index (χ1) is 14.8. The van der Waals surface area contributed by atoms with Crippen LogP contribution < -0.4 is 21.7 Å². The third kappa shape index (κ3) is 5.53. The normalized spacial score (nSPS) is 10.4. The van der Waals surface area contributed by atoms with Crippen LogP contribution in [0.5, 0.6) is 0 Å². The third-order valence-corrected chi connectivity index (χ3v) is 4.70. The molecule has 0 spiro atoms. The average molecular weight is 420 g/mol. The van der Waals surface area contributed by atoms with E-state index in [0.717, 1.165) is 17.0 Å². The molecule has 0 atom stereocenters. The Kier molecular flexibility index (Phi) is 6.76. The van der Waals surface area contributed by atoms with Gasteiger partial charge in [-0.25, -0.2) is 4.98 Å². The maximum atomic E-state index is 12.7. The lowest BCUT2D eigenvalue weighted by Gasteiger charge is -2.13. The van der Waals surface area contributed by atoms with Gasteiger partial charge in [-0.05, 0) is 44.5 Å². The van der Waals surface area contributed by atoms with Crippen LogP contribution in [0, 0.1) is 20.8 Å². The van der Waals surface area contributed by atoms with Crippen molar-refractivity contribution in [2.24, 2.45) is 0 Å². The number of hydrogen-bond donors (Lipinski definition) is 3. The average Bonchev–Trinajstić information content (AvgIpc) is 2.76. The molecule has 3 N–H and O–H groups in total. The van der Waals surface area contributed by atoms with E-state index in [1.54, 1.807) is 37.3 Å². The molecule has 0 aliphatic rings. The van der Waals surface area contributed by atoms with Gasteiger partial charge in [0.05, 0.1) is 0 Å². The quantitative estimate of drug-likeness (QED) is 0.500. The Balaban J connectivity index is 1.65. The molecule has 160 valence electrons. The molecule has 2 amide bonds. The van der Waals surface area contributed by atoms with Crippen LogP contribution in [0.4, 0.5) is 5.82 Å². The predicted octanol–water partition coefficient (Wildman–Crippen LogP) is 1.64. The van der Waals surface area contributed by atoms with Crippen molar-refractivity contribution in [3.8, 4) is 0 Å². The summed E-state index contributed by atoms with van der Waals surface area (Å²) in [5.41, 5.74) is 8.08. The molecule has 2 aromatic heterocycles. The fourth-order valence-corrected chi connectivity index (χ4v) is 2.93. The number of nitrogens with one attached hydrogen (secondary N) is 3. The minimum atomic E-state index is -0.517. The van der Waals surface area contributed by atoms with Gasteiger partial charge in [0.1, 0.15) is 6.54 Å². The van der Waals surface area contributed by atoms with Crippen LogP contribution in [0.1, 0.15) is 33.0 Å². The second kappa shape index (κ2) is 9.66. The topological polar surface area (TPSA) is 118 Å². The monoisotopic (exact) mass is 420 g/mol. The fourth-order valence-electron chi connectivity index (χ4n) is 2.93. The summed E-state index contributed by atoms with van der Waals surface area (Å²) in [5.74, 6) is -0.814. The van der Waals surface area contributed by atoms with Crippen LogP contribution in [0.3, 0.4) is 0 Å². The van der Waals surface area contributed by atoms with Gasteiger partial charge in [-0.2, -0.15) is 0 Å². The molecular weight excluding hydrogens is 396 g/mol. The van der Waals surface area contributed by atoms with Gasteiger partial charge in [0, 0.05) is 35.4 Å². The Hall–Kier alpha value is -4.01. The Labute approximate surface area is 179 Å². The molecule has 2 heterocycles. The minimum Gasteiger partial charge on any atom is -0.350 e. The number of amides is 2. The lowest BCUT2D eigenvalue weighted by Crippen LogP contribution is -2.38. The highest BCUT2D eigenvalue weighted by Gasteiger charge is 2.13. The number of hydrazine groups is 1. The Morgan fingerprint density at radius 3 is 2.48 bits per heavy atom. The van der Waals surface area contributed by atoms with Crippen LogP contribution in [-0.2, 0) is 17.9 Å². The molecule has 0 fully saturated rings. The maximum absolute atomic E-state index is 12.7. The van der Waals surface area contributed by atoms with Gasteiger partial charge in [0.2, 0.25) is 11.7 Å². The summed E-state index contributed by atoms with van der Waals surface area (Å²) < 4.78 is 1.29. The Bertz CT molecular complexity index is 1160. The van der Waals surface area contributed by atoms with Crippen molar-refractivity contribution in [2.45, 2.75) is 33.9 Å². The van der Waals surface area contributed by atoms with Crippen molar-refractivity contribution in [3.63, 3.8) is 0 Å². The molecule has 9 heteroatoms. The molecule has 0 radical (unpaired) electrons. The highest BCUT2D eigenvalue weighted by molar-refractivity contribution is 5.94.